The number of aromatic nitrogens is 2. The molecule has 0 spiro atoms. The van der Waals surface area contributed by atoms with Crippen molar-refractivity contribution in [3.8, 4) is 28.4 Å². The average Bonchev–Trinajstić information content (AvgIpc) is 3.86. The Balaban J connectivity index is 1.13. The van der Waals surface area contributed by atoms with Crippen molar-refractivity contribution in [3.63, 3.8) is 0 Å². The molecule has 0 radical (unpaired) electrons. The van der Waals surface area contributed by atoms with Gasteiger partial charge in [-0.25, -0.2) is 4.98 Å². The van der Waals surface area contributed by atoms with Crippen molar-refractivity contribution >= 4 is 44.6 Å². The zero-order valence-electron chi connectivity index (χ0n) is 41.6. The van der Waals surface area contributed by atoms with Gasteiger partial charge in [0.05, 0.1) is 22.4 Å². The van der Waals surface area contributed by atoms with Crippen molar-refractivity contribution < 1.29 is 4.74 Å². The molecule has 1 aliphatic rings. The molecule has 5 heteroatoms. The van der Waals surface area contributed by atoms with Crippen molar-refractivity contribution in [1.82, 2.24) is 9.55 Å². The maximum Gasteiger partial charge on any atom is 0.137 e. The van der Waals surface area contributed by atoms with Crippen molar-refractivity contribution in [2.75, 3.05) is 16.5 Å². The van der Waals surface area contributed by atoms with Crippen LogP contribution >= 0.6 is 0 Å². The van der Waals surface area contributed by atoms with Gasteiger partial charge in [0.2, 0.25) is 0 Å². The summed E-state index contributed by atoms with van der Waals surface area (Å²) in [6, 6.07) is 62.1. The van der Waals surface area contributed by atoms with E-state index in [4.69, 9.17) is 9.72 Å². The molecule has 0 saturated carbocycles. The lowest BCUT2D eigenvalue weighted by atomic mass is 9.78. The SMILES string of the molecule is CC(C)(C)c1cccc(N2CN(c3cc(Oc4ccc5c6cc(-c7ccccc7)ccc6n(-c6cc(C(C)(C)C)ccn6)c5c4)cc(C(C)(C)c4ccccc4)c3)c3ccc(C(C)(C)C)cc32)c1. The van der Waals surface area contributed by atoms with Crippen molar-refractivity contribution in [1.29, 1.82) is 0 Å². The van der Waals surface area contributed by atoms with E-state index in [0.29, 0.717) is 6.67 Å². The summed E-state index contributed by atoms with van der Waals surface area (Å²) < 4.78 is 9.46. The van der Waals surface area contributed by atoms with Gasteiger partial charge in [-0.15, -0.1) is 0 Å². The standard InChI is InChI=1S/C63H64N4O/c1-60(2,3)45-23-18-24-49(34-45)65-41-66(56-30-26-46(37-58(56)65)61(4,5)6)50-35-48(63(10,11)44-21-16-13-17-22-44)36-52(39-50)68-51-27-28-53-54-33-43(42-19-14-12-15-20-42)25-29-55(54)67(57(53)40-51)59-38-47(31-32-64-59)62(7,8)9/h12-40H,41H2,1-11H3. The summed E-state index contributed by atoms with van der Waals surface area (Å²) in [5.41, 5.74) is 15.1. The molecule has 68 heavy (non-hydrogen) atoms. The van der Waals surface area contributed by atoms with E-state index in [1.807, 2.05) is 6.20 Å². The highest BCUT2D eigenvalue weighted by molar-refractivity contribution is 6.10. The third kappa shape index (κ3) is 8.33. The lowest BCUT2D eigenvalue weighted by Crippen LogP contribution is -2.25. The molecule has 0 N–H and O–H groups in total. The maximum atomic E-state index is 7.16. The Bertz CT molecular complexity index is 3320. The molecule has 9 aromatic rings. The normalized spacial score (nSPS) is 13.4. The summed E-state index contributed by atoms with van der Waals surface area (Å²) in [5, 5.41) is 2.32. The Labute approximate surface area is 403 Å². The van der Waals surface area contributed by atoms with Gasteiger partial charge < -0.3 is 14.5 Å². The zero-order valence-corrected chi connectivity index (χ0v) is 41.6. The maximum absolute atomic E-state index is 7.16. The van der Waals surface area contributed by atoms with Gasteiger partial charge >= 0.3 is 0 Å². The highest BCUT2D eigenvalue weighted by atomic mass is 16.5. The fraction of sp³-hybridized carbons (Fsp3) is 0.254. The fourth-order valence-electron chi connectivity index (χ4n) is 9.75. The molecule has 0 atom stereocenters. The highest BCUT2D eigenvalue weighted by Gasteiger charge is 2.33. The number of anilines is 4. The number of pyridine rings is 1. The third-order valence-electron chi connectivity index (χ3n) is 14.1. The van der Waals surface area contributed by atoms with E-state index in [1.54, 1.807) is 0 Å². The minimum atomic E-state index is -0.328. The largest absolute Gasteiger partial charge is 0.457 e. The van der Waals surface area contributed by atoms with Gasteiger partial charge in [-0.2, -0.15) is 0 Å². The van der Waals surface area contributed by atoms with Crippen LogP contribution in [0.2, 0.25) is 0 Å². The molecule has 0 unspecified atom stereocenters. The van der Waals surface area contributed by atoms with Gasteiger partial charge in [0.15, 0.2) is 0 Å². The smallest absolute Gasteiger partial charge is 0.137 e. The van der Waals surface area contributed by atoms with E-state index in [1.165, 1.54) is 61.4 Å². The van der Waals surface area contributed by atoms with Crippen LogP contribution in [-0.4, -0.2) is 16.2 Å². The first-order valence-corrected chi connectivity index (χ1v) is 24.1. The molecule has 0 saturated heterocycles. The number of fused-ring (bicyclic) bond motifs is 4. The molecule has 0 amide bonds. The average molecular weight is 893 g/mol. The third-order valence-corrected chi connectivity index (χ3v) is 14.1. The van der Waals surface area contributed by atoms with E-state index in [-0.39, 0.29) is 21.7 Å². The first kappa shape index (κ1) is 44.7. The zero-order chi connectivity index (χ0) is 47.8. The van der Waals surface area contributed by atoms with Crippen LogP contribution in [0.3, 0.4) is 0 Å². The topological polar surface area (TPSA) is 33.5 Å². The first-order chi connectivity index (χ1) is 32.3. The lowest BCUT2D eigenvalue weighted by Gasteiger charge is -2.29. The van der Waals surface area contributed by atoms with E-state index >= 15 is 0 Å². The van der Waals surface area contributed by atoms with E-state index in [0.717, 1.165) is 39.4 Å². The second-order valence-electron chi connectivity index (χ2n) is 22.3. The first-order valence-electron chi connectivity index (χ1n) is 24.1. The van der Waals surface area contributed by atoms with E-state index < -0.39 is 0 Å². The van der Waals surface area contributed by atoms with Gasteiger partial charge in [0.1, 0.15) is 24.0 Å². The van der Waals surface area contributed by atoms with Gasteiger partial charge in [0, 0.05) is 45.9 Å². The summed E-state index contributed by atoms with van der Waals surface area (Å²) in [4.78, 5) is 9.95. The Morgan fingerprint density at radius 3 is 1.78 bits per heavy atom. The fourth-order valence-corrected chi connectivity index (χ4v) is 9.75. The second kappa shape index (κ2) is 16.6. The van der Waals surface area contributed by atoms with Crippen LogP contribution in [0, 0.1) is 0 Å². The molecule has 0 aliphatic carbocycles. The Hall–Kier alpha value is -7.11. The number of nitrogens with zero attached hydrogens (tertiary/aromatic N) is 4. The highest BCUT2D eigenvalue weighted by Crippen LogP contribution is 2.49. The van der Waals surface area contributed by atoms with Crippen LogP contribution in [0.25, 0.3) is 38.8 Å². The Morgan fingerprint density at radius 1 is 0.412 bits per heavy atom. The van der Waals surface area contributed by atoms with E-state index in [9.17, 15) is 0 Å². The monoisotopic (exact) mass is 893 g/mol. The molecule has 1 aliphatic heterocycles. The van der Waals surface area contributed by atoms with Crippen LogP contribution < -0.4 is 14.5 Å². The molecule has 0 fully saturated rings. The van der Waals surface area contributed by atoms with Gasteiger partial charge in [-0.05, 0) is 128 Å². The van der Waals surface area contributed by atoms with Crippen molar-refractivity contribution in [3.05, 3.63) is 204 Å². The number of rotatable bonds is 8. The molecule has 3 heterocycles. The minimum absolute atomic E-state index is 0.00947. The number of hydrogen-bond donors (Lipinski definition) is 0. The summed E-state index contributed by atoms with van der Waals surface area (Å²) in [7, 11) is 0. The van der Waals surface area contributed by atoms with Crippen LogP contribution in [0.5, 0.6) is 11.5 Å². The predicted molar refractivity (Wildman–Crippen MR) is 287 cm³/mol. The molecule has 5 nitrogen and oxygen atoms in total. The van der Waals surface area contributed by atoms with Gasteiger partial charge in [-0.1, -0.05) is 161 Å². The summed E-state index contributed by atoms with van der Waals surface area (Å²) >= 11 is 0. The van der Waals surface area contributed by atoms with Crippen molar-refractivity contribution in [2.45, 2.75) is 97.8 Å². The minimum Gasteiger partial charge on any atom is -0.457 e. The molecule has 10 rings (SSSR count). The van der Waals surface area contributed by atoms with Crippen molar-refractivity contribution in [2.24, 2.45) is 0 Å². The predicted octanol–water partition coefficient (Wildman–Crippen LogP) is 17.1. The molecule has 2 aromatic heterocycles. The van der Waals surface area contributed by atoms with E-state index in [2.05, 4.69) is 260 Å². The molecular weight excluding hydrogens is 829 g/mol. The summed E-state index contributed by atoms with van der Waals surface area (Å²) in [5.74, 6) is 2.43. The summed E-state index contributed by atoms with van der Waals surface area (Å²) in [6.45, 7) is 25.8. The number of ether oxygens (including phenoxy) is 1. The van der Waals surface area contributed by atoms with Crippen LogP contribution in [0.4, 0.5) is 22.7 Å². The lowest BCUT2D eigenvalue weighted by molar-refractivity contribution is 0.480. The molecular formula is C63H64N4O. The number of hydrogen-bond acceptors (Lipinski definition) is 4. The van der Waals surface area contributed by atoms with Gasteiger partial charge in [-0.3, -0.25) is 4.57 Å². The van der Waals surface area contributed by atoms with Gasteiger partial charge in [0.25, 0.3) is 0 Å². The summed E-state index contributed by atoms with van der Waals surface area (Å²) in [6.07, 6.45) is 1.94. The Kier molecular flexibility index (Phi) is 10.9. The second-order valence-corrected chi connectivity index (χ2v) is 22.3. The Morgan fingerprint density at radius 2 is 1.06 bits per heavy atom. The molecule has 7 aromatic carbocycles. The number of benzene rings is 7. The van der Waals surface area contributed by atoms with Crippen LogP contribution in [0.1, 0.15) is 104 Å². The molecule has 342 valence electrons. The quantitative estimate of drug-likeness (QED) is 0.152. The van der Waals surface area contributed by atoms with Crippen LogP contribution in [-0.2, 0) is 21.7 Å². The van der Waals surface area contributed by atoms with Crippen LogP contribution in [0.15, 0.2) is 176 Å². The molecule has 0 bridgehead atoms.